The summed E-state index contributed by atoms with van der Waals surface area (Å²) in [6.45, 7) is 8.10. The van der Waals surface area contributed by atoms with Gasteiger partial charge in [-0.05, 0) is 47.6 Å². The Kier molecular flexibility index (Phi) is 7.49. The van der Waals surface area contributed by atoms with Gasteiger partial charge in [-0.25, -0.2) is 0 Å². The van der Waals surface area contributed by atoms with Gasteiger partial charge in [-0.3, -0.25) is 9.69 Å². The van der Waals surface area contributed by atoms with Gasteiger partial charge in [0, 0.05) is 13.1 Å². The van der Waals surface area contributed by atoms with E-state index in [1.54, 1.807) is 0 Å². The molecular weight excluding hydrogens is 358 g/mol. The fourth-order valence-electron chi connectivity index (χ4n) is 5.14. The molecule has 29 heavy (non-hydrogen) atoms. The second kappa shape index (κ2) is 10.1. The van der Waals surface area contributed by atoms with E-state index in [4.69, 9.17) is 0 Å². The van der Waals surface area contributed by atoms with Crippen LogP contribution in [-0.4, -0.2) is 22.0 Å². The molecule has 0 heterocycles. The van der Waals surface area contributed by atoms with Crippen LogP contribution in [-0.2, 0) is 17.9 Å². The van der Waals surface area contributed by atoms with Crippen LogP contribution in [0.3, 0.4) is 0 Å². The Hall–Kier alpha value is -2.13. The lowest BCUT2D eigenvalue weighted by Crippen LogP contribution is -2.50. The molecule has 3 nitrogen and oxygen atoms in total. The van der Waals surface area contributed by atoms with Gasteiger partial charge in [0.25, 0.3) is 0 Å². The van der Waals surface area contributed by atoms with Crippen LogP contribution >= 0.6 is 0 Å². The van der Waals surface area contributed by atoms with Gasteiger partial charge < -0.3 is 5.11 Å². The highest BCUT2D eigenvalue weighted by Crippen LogP contribution is 2.41. The topological polar surface area (TPSA) is 40.5 Å². The van der Waals surface area contributed by atoms with Crippen LogP contribution in [0.15, 0.2) is 60.7 Å². The first-order chi connectivity index (χ1) is 14.0. The summed E-state index contributed by atoms with van der Waals surface area (Å²) in [5, 5.41) is 10.4. The highest BCUT2D eigenvalue weighted by Gasteiger charge is 2.42. The highest BCUT2D eigenvalue weighted by atomic mass is 16.4. The second-order valence-corrected chi connectivity index (χ2v) is 9.15. The summed E-state index contributed by atoms with van der Waals surface area (Å²) in [5.74, 6) is 1.06. The van der Waals surface area contributed by atoms with E-state index in [1.165, 1.54) is 17.5 Å². The van der Waals surface area contributed by atoms with Crippen molar-refractivity contribution in [2.75, 3.05) is 0 Å². The van der Waals surface area contributed by atoms with Crippen molar-refractivity contribution < 1.29 is 9.90 Å². The van der Waals surface area contributed by atoms with E-state index in [0.717, 1.165) is 12.8 Å². The largest absolute Gasteiger partial charge is 0.480 e. The average Bonchev–Trinajstić information content (AvgIpc) is 2.69. The zero-order valence-electron chi connectivity index (χ0n) is 18.0. The number of carboxylic acids is 1. The number of nitrogens with zero attached hydrogens (tertiary/aromatic N) is 1. The number of benzene rings is 2. The molecule has 3 heteroatoms. The van der Waals surface area contributed by atoms with Crippen LogP contribution < -0.4 is 0 Å². The van der Waals surface area contributed by atoms with Crippen LogP contribution in [0.1, 0.15) is 51.2 Å². The van der Waals surface area contributed by atoms with Gasteiger partial charge in [0.05, 0.1) is 0 Å². The van der Waals surface area contributed by atoms with Crippen LogP contribution in [0.2, 0.25) is 0 Å². The van der Waals surface area contributed by atoms with Crippen molar-refractivity contribution in [3.8, 4) is 0 Å². The Morgan fingerprint density at radius 1 is 0.931 bits per heavy atom. The van der Waals surface area contributed by atoms with Crippen molar-refractivity contribution in [1.29, 1.82) is 0 Å². The molecular formula is C26H35NO2. The third kappa shape index (κ3) is 5.70. The standard InChI is InChI=1S/C26H35NO2/c1-19(2)23-15-14-20(3)16-24(23)25(26(28)29)27(17-21-10-6-4-7-11-21)18-22-12-8-5-9-13-22/h4-13,19-20,23-25H,14-18H2,1-3H3,(H,28,29)/t20-,23?,24-,25+/m1/s1. The molecule has 0 saturated heterocycles. The van der Waals surface area contributed by atoms with Crippen molar-refractivity contribution in [3.63, 3.8) is 0 Å². The van der Waals surface area contributed by atoms with Crippen molar-refractivity contribution in [3.05, 3.63) is 71.8 Å². The van der Waals surface area contributed by atoms with Crippen LogP contribution in [0, 0.1) is 23.7 Å². The monoisotopic (exact) mass is 393 g/mol. The van der Waals surface area contributed by atoms with Crippen molar-refractivity contribution in [1.82, 2.24) is 4.90 Å². The SMILES string of the molecule is CC(C)C1CC[C@@H](C)C[C@H]1[C@@H](C(=O)O)N(Cc1ccccc1)Cc1ccccc1. The van der Waals surface area contributed by atoms with Gasteiger partial charge in [-0.15, -0.1) is 0 Å². The van der Waals surface area contributed by atoms with E-state index in [9.17, 15) is 9.90 Å². The van der Waals surface area contributed by atoms with Gasteiger partial charge in [0.15, 0.2) is 0 Å². The molecule has 1 aliphatic carbocycles. The lowest BCUT2D eigenvalue weighted by molar-refractivity contribution is -0.149. The molecule has 1 aliphatic rings. The molecule has 4 atom stereocenters. The zero-order chi connectivity index (χ0) is 20.8. The van der Waals surface area contributed by atoms with E-state index in [2.05, 4.69) is 49.9 Å². The number of carbonyl (C=O) groups is 1. The lowest BCUT2D eigenvalue weighted by Gasteiger charge is -2.44. The molecule has 1 saturated carbocycles. The Bertz CT molecular complexity index is 717. The van der Waals surface area contributed by atoms with Crippen LogP contribution in [0.4, 0.5) is 0 Å². The minimum Gasteiger partial charge on any atom is -0.480 e. The molecule has 0 aromatic heterocycles. The smallest absolute Gasteiger partial charge is 0.321 e. The fraction of sp³-hybridized carbons (Fsp3) is 0.500. The summed E-state index contributed by atoms with van der Waals surface area (Å²) in [6, 6.07) is 20.1. The summed E-state index contributed by atoms with van der Waals surface area (Å²) in [6.07, 6.45) is 3.35. The lowest BCUT2D eigenvalue weighted by atomic mass is 9.67. The third-order valence-corrected chi connectivity index (χ3v) is 6.58. The minimum absolute atomic E-state index is 0.184. The van der Waals surface area contributed by atoms with E-state index in [1.807, 2.05) is 36.4 Å². The molecule has 1 unspecified atom stereocenters. The quantitative estimate of drug-likeness (QED) is 0.611. The zero-order valence-corrected chi connectivity index (χ0v) is 18.0. The van der Waals surface area contributed by atoms with Crippen LogP contribution in [0.25, 0.3) is 0 Å². The Balaban J connectivity index is 1.95. The summed E-state index contributed by atoms with van der Waals surface area (Å²) >= 11 is 0. The maximum atomic E-state index is 12.7. The van der Waals surface area contributed by atoms with Crippen molar-refractivity contribution in [2.45, 2.75) is 59.2 Å². The van der Waals surface area contributed by atoms with Gasteiger partial charge in [-0.2, -0.15) is 0 Å². The summed E-state index contributed by atoms with van der Waals surface area (Å²) in [5.41, 5.74) is 2.33. The number of rotatable bonds is 8. The molecule has 2 aromatic rings. The summed E-state index contributed by atoms with van der Waals surface area (Å²) < 4.78 is 0. The predicted molar refractivity (Wildman–Crippen MR) is 118 cm³/mol. The van der Waals surface area contributed by atoms with E-state index < -0.39 is 12.0 Å². The van der Waals surface area contributed by atoms with Gasteiger partial charge in [-0.1, -0.05) is 87.9 Å². The molecule has 0 bridgehead atoms. The molecule has 0 spiro atoms. The summed E-state index contributed by atoms with van der Waals surface area (Å²) in [4.78, 5) is 14.9. The van der Waals surface area contributed by atoms with Gasteiger partial charge in [0.1, 0.15) is 6.04 Å². The number of carboxylic acid groups (broad SMARTS) is 1. The first kappa shape index (κ1) is 21.6. The first-order valence-corrected chi connectivity index (χ1v) is 11.0. The Labute approximate surface area is 175 Å². The van der Waals surface area contributed by atoms with Crippen molar-refractivity contribution >= 4 is 5.97 Å². The first-order valence-electron chi connectivity index (χ1n) is 11.0. The maximum absolute atomic E-state index is 12.7. The number of hydrogen-bond donors (Lipinski definition) is 1. The molecule has 0 radical (unpaired) electrons. The minimum atomic E-state index is -0.679. The van der Waals surface area contributed by atoms with Crippen LogP contribution in [0.5, 0.6) is 0 Å². The molecule has 1 fully saturated rings. The molecule has 0 aliphatic heterocycles. The van der Waals surface area contributed by atoms with Gasteiger partial charge in [0.2, 0.25) is 0 Å². The second-order valence-electron chi connectivity index (χ2n) is 9.15. The third-order valence-electron chi connectivity index (χ3n) is 6.58. The molecule has 2 aromatic carbocycles. The van der Waals surface area contributed by atoms with E-state index in [-0.39, 0.29) is 5.92 Å². The molecule has 3 rings (SSSR count). The fourth-order valence-corrected chi connectivity index (χ4v) is 5.14. The Morgan fingerprint density at radius 3 is 1.90 bits per heavy atom. The molecule has 1 N–H and O–H groups in total. The predicted octanol–water partition coefficient (Wildman–Crippen LogP) is 5.85. The molecule has 0 amide bonds. The van der Waals surface area contributed by atoms with Crippen molar-refractivity contribution in [2.24, 2.45) is 23.7 Å². The highest BCUT2D eigenvalue weighted by molar-refractivity contribution is 5.74. The average molecular weight is 394 g/mol. The van der Waals surface area contributed by atoms with E-state index in [0.29, 0.717) is 30.8 Å². The summed E-state index contributed by atoms with van der Waals surface area (Å²) in [7, 11) is 0. The van der Waals surface area contributed by atoms with Gasteiger partial charge >= 0.3 is 5.97 Å². The van der Waals surface area contributed by atoms with E-state index >= 15 is 0 Å². The number of aliphatic carboxylic acids is 1. The Morgan fingerprint density at radius 2 is 1.45 bits per heavy atom. The maximum Gasteiger partial charge on any atom is 0.321 e. The normalized spacial score (nSPS) is 23.3. The number of hydrogen-bond acceptors (Lipinski definition) is 2. The molecule has 156 valence electrons.